The summed E-state index contributed by atoms with van der Waals surface area (Å²) in [5.74, 6) is 2.55. The van der Waals surface area contributed by atoms with Crippen molar-refractivity contribution in [3.05, 3.63) is 58.9 Å². The third-order valence-corrected chi connectivity index (χ3v) is 5.83. The zero-order valence-corrected chi connectivity index (χ0v) is 13.6. The van der Waals surface area contributed by atoms with E-state index in [1.54, 1.807) is 11.3 Å². The molecular weight excluding hydrogens is 304 g/mol. The molecule has 0 spiro atoms. The molecule has 1 saturated heterocycles. The van der Waals surface area contributed by atoms with Crippen LogP contribution in [0.2, 0.25) is 0 Å². The quantitative estimate of drug-likeness (QED) is 0.742. The van der Waals surface area contributed by atoms with Crippen molar-refractivity contribution in [1.29, 1.82) is 0 Å². The highest BCUT2D eigenvalue weighted by Gasteiger charge is 2.42. The Morgan fingerprint density at radius 1 is 1.17 bits per heavy atom. The number of hydrogen-bond acceptors (Lipinski definition) is 4. The zero-order valence-electron chi connectivity index (χ0n) is 12.8. The predicted octanol–water partition coefficient (Wildman–Crippen LogP) is 3.24. The molecule has 0 aromatic carbocycles. The number of rotatable bonds is 3. The monoisotopic (exact) mass is 322 g/mol. The van der Waals surface area contributed by atoms with Crippen molar-refractivity contribution in [2.75, 3.05) is 13.1 Å². The van der Waals surface area contributed by atoms with Crippen LogP contribution in [0.5, 0.6) is 0 Å². The van der Waals surface area contributed by atoms with E-state index in [2.05, 4.69) is 37.3 Å². The van der Waals surface area contributed by atoms with Gasteiger partial charge in [-0.15, -0.1) is 0 Å². The molecule has 5 rings (SSSR count). The SMILES string of the molecule is c1cncc(-c2cnc3n2C[C@@H]2CN(Cc4ccsc4)C[C@@H]32)c1. The van der Waals surface area contributed by atoms with Gasteiger partial charge in [0.25, 0.3) is 0 Å². The molecule has 23 heavy (non-hydrogen) atoms. The largest absolute Gasteiger partial charge is 0.327 e. The molecule has 5 heterocycles. The summed E-state index contributed by atoms with van der Waals surface area (Å²) in [6, 6.07) is 6.35. The van der Waals surface area contributed by atoms with Crippen molar-refractivity contribution in [2.24, 2.45) is 5.92 Å². The minimum absolute atomic E-state index is 0.582. The second-order valence-electron chi connectivity index (χ2n) is 6.55. The summed E-state index contributed by atoms with van der Waals surface area (Å²) < 4.78 is 2.41. The summed E-state index contributed by atoms with van der Waals surface area (Å²) in [5.41, 5.74) is 3.82. The molecule has 116 valence electrons. The smallest absolute Gasteiger partial charge is 0.113 e. The average molecular weight is 322 g/mol. The van der Waals surface area contributed by atoms with Crippen molar-refractivity contribution in [3.63, 3.8) is 0 Å². The molecule has 0 bridgehead atoms. The summed E-state index contributed by atoms with van der Waals surface area (Å²) in [6.07, 6.45) is 5.77. The lowest BCUT2D eigenvalue weighted by molar-refractivity contribution is 0.307. The van der Waals surface area contributed by atoms with E-state index in [4.69, 9.17) is 4.98 Å². The molecule has 3 aromatic rings. The minimum atomic E-state index is 0.582. The van der Waals surface area contributed by atoms with Crippen LogP contribution in [0, 0.1) is 5.92 Å². The topological polar surface area (TPSA) is 34.0 Å². The van der Waals surface area contributed by atoms with Gasteiger partial charge in [0.05, 0.1) is 11.9 Å². The van der Waals surface area contributed by atoms with Crippen LogP contribution in [0.1, 0.15) is 17.3 Å². The highest BCUT2D eigenvalue weighted by molar-refractivity contribution is 7.07. The Hall–Kier alpha value is -1.98. The summed E-state index contributed by atoms with van der Waals surface area (Å²) in [7, 11) is 0. The molecule has 0 aliphatic carbocycles. The molecule has 0 amide bonds. The first-order valence-corrected chi connectivity index (χ1v) is 9.02. The first-order chi connectivity index (χ1) is 11.4. The zero-order chi connectivity index (χ0) is 15.2. The molecular formula is C18H18N4S. The average Bonchev–Trinajstić information content (AvgIpc) is 3.31. The van der Waals surface area contributed by atoms with Gasteiger partial charge < -0.3 is 4.57 Å². The van der Waals surface area contributed by atoms with E-state index in [0.29, 0.717) is 11.8 Å². The van der Waals surface area contributed by atoms with Crippen LogP contribution in [-0.4, -0.2) is 32.5 Å². The van der Waals surface area contributed by atoms with E-state index in [1.165, 1.54) is 29.2 Å². The van der Waals surface area contributed by atoms with Crippen LogP contribution in [0.25, 0.3) is 11.3 Å². The van der Waals surface area contributed by atoms with E-state index < -0.39 is 0 Å². The van der Waals surface area contributed by atoms with Gasteiger partial charge in [-0.3, -0.25) is 9.88 Å². The van der Waals surface area contributed by atoms with Crippen molar-refractivity contribution in [1.82, 2.24) is 19.4 Å². The number of likely N-dealkylation sites (tertiary alicyclic amines) is 1. The maximum absolute atomic E-state index is 4.76. The van der Waals surface area contributed by atoms with E-state index in [0.717, 1.165) is 19.6 Å². The first kappa shape index (κ1) is 13.5. The van der Waals surface area contributed by atoms with E-state index in [1.807, 2.05) is 24.7 Å². The molecule has 4 nitrogen and oxygen atoms in total. The van der Waals surface area contributed by atoms with E-state index in [9.17, 15) is 0 Å². The second-order valence-corrected chi connectivity index (χ2v) is 7.33. The molecule has 5 heteroatoms. The lowest BCUT2D eigenvalue weighted by Gasteiger charge is -2.16. The minimum Gasteiger partial charge on any atom is -0.327 e. The standard InChI is InChI=1S/C18H18N4S/c1-2-14(6-19-4-1)17-7-20-18-16-11-21(8-13-3-5-23-12-13)9-15(16)10-22(17)18/h1-7,12,15-16H,8-11H2/t15-,16+/m0/s1. The van der Waals surface area contributed by atoms with Crippen LogP contribution < -0.4 is 0 Å². The Balaban J connectivity index is 1.39. The van der Waals surface area contributed by atoms with Crippen LogP contribution >= 0.6 is 11.3 Å². The number of aromatic nitrogens is 3. The fourth-order valence-corrected chi connectivity index (χ4v) is 4.72. The molecule has 1 fully saturated rings. The Morgan fingerprint density at radius 3 is 3.00 bits per heavy atom. The van der Waals surface area contributed by atoms with Gasteiger partial charge in [-0.2, -0.15) is 11.3 Å². The van der Waals surface area contributed by atoms with Crippen molar-refractivity contribution in [3.8, 4) is 11.3 Å². The molecule has 0 saturated carbocycles. The fraction of sp³-hybridized carbons (Fsp3) is 0.333. The number of nitrogens with zero attached hydrogens (tertiary/aromatic N) is 4. The molecule has 0 N–H and O–H groups in total. The van der Waals surface area contributed by atoms with E-state index >= 15 is 0 Å². The summed E-state index contributed by atoms with van der Waals surface area (Å²) in [4.78, 5) is 11.6. The number of pyridine rings is 1. The van der Waals surface area contributed by atoms with Gasteiger partial charge in [-0.25, -0.2) is 4.98 Å². The molecule has 0 radical (unpaired) electrons. The van der Waals surface area contributed by atoms with Gasteiger partial charge in [0.15, 0.2) is 0 Å². The highest BCUT2D eigenvalue weighted by atomic mass is 32.1. The Bertz CT molecular complexity index is 809. The van der Waals surface area contributed by atoms with Crippen molar-refractivity contribution in [2.45, 2.75) is 19.0 Å². The molecule has 2 atom stereocenters. The Labute approximate surface area is 139 Å². The van der Waals surface area contributed by atoms with Gasteiger partial charge in [-0.05, 0) is 34.5 Å². The highest BCUT2D eigenvalue weighted by Crippen LogP contribution is 2.41. The van der Waals surface area contributed by atoms with Crippen molar-refractivity contribution < 1.29 is 0 Å². The van der Waals surface area contributed by atoms with Gasteiger partial charge in [0.2, 0.25) is 0 Å². The number of fused-ring (bicyclic) bond motifs is 3. The Morgan fingerprint density at radius 2 is 2.17 bits per heavy atom. The molecule has 2 aliphatic heterocycles. The maximum Gasteiger partial charge on any atom is 0.113 e. The van der Waals surface area contributed by atoms with Crippen LogP contribution in [0.4, 0.5) is 0 Å². The molecule has 3 aromatic heterocycles. The number of hydrogen-bond donors (Lipinski definition) is 0. The fourth-order valence-electron chi connectivity index (χ4n) is 4.07. The van der Waals surface area contributed by atoms with E-state index in [-0.39, 0.29) is 0 Å². The Kier molecular flexibility index (Phi) is 3.09. The second kappa shape index (κ2) is 5.28. The predicted molar refractivity (Wildman–Crippen MR) is 91.3 cm³/mol. The van der Waals surface area contributed by atoms with Crippen LogP contribution in [-0.2, 0) is 13.1 Å². The molecule has 0 unspecified atom stereocenters. The third-order valence-electron chi connectivity index (χ3n) is 5.10. The van der Waals surface area contributed by atoms with Gasteiger partial charge in [0.1, 0.15) is 5.82 Å². The van der Waals surface area contributed by atoms with Crippen LogP contribution in [0.15, 0.2) is 47.5 Å². The lowest BCUT2D eigenvalue weighted by atomic mass is 9.99. The summed E-state index contributed by atoms with van der Waals surface area (Å²) >= 11 is 1.78. The van der Waals surface area contributed by atoms with Gasteiger partial charge in [-0.1, -0.05) is 0 Å². The normalized spacial score (nSPS) is 23.1. The number of imidazole rings is 1. The van der Waals surface area contributed by atoms with Crippen LogP contribution in [0.3, 0.4) is 0 Å². The lowest BCUT2D eigenvalue weighted by Crippen LogP contribution is -2.22. The number of thiophene rings is 1. The summed E-state index contributed by atoms with van der Waals surface area (Å²) in [6.45, 7) is 4.47. The van der Waals surface area contributed by atoms with Gasteiger partial charge in [0, 0.05) is 56.0 Å². The maximum atomic E-state index is 4.76. The third kappa shape index (κ3) is 2.23. The van der Waals surface area contributed by atoms with Crippen molar-refractivity contribution >= 4 is 11.3 Å². The summed E-state index contributed by atoms with van der Waals surface area (Å²) in [5, 5.41) is 4.43. The first-order valence-electron chi connectivity index (χ1n) is 8.08. The molecule has 2 aliphatic rings. The van der Waals surface area contributed by atoms with Gasteiger partial charge >= 0.3 is 0 Å².